The van der Waals surface area contributed by atoms with Crippen molar-refractivity contribution in [3.05, 3.63) is 0 Å². The molecular formula is C30H52O3. The lowest BCUT2D eigenvalue weighted by atomic mass is 9.31. The Kier molecular flexibility index (Phi) is 5.21. The van der Waals surface area contributed by atoms with Gasteiger partial charge < -0.3 is 15.3 Å². The van der Waals surface area contributed by atoms with E-state index in [1.807, 2.05) is 13.8 Å². The summed E-state index contributed by atoms with van der Waals surface area (Å²) in [6.07, 6.45) is 9.29. The molecule has 0 unspecified atom stereocenters. The predicted octanol–water partition coefficient (Wildman–Crippen LogP) is 6.19. The topological polar surface area (TPSA) is 60.7 Å². The van der Waals surface area contributed by atoms with Crippen molar-refractivity contribution in [2.24, 2.45) is 56.7 Å². The molecule has 11 atom stereocenters. The molecule has 5 rings (SSSR count). The van der Waals surface area contributed by atoms with Gasteiger partial charge in [-0.25, -0.2) is 0 Å². The molecule has 0 aromatic carbocycles. The lowest BCUT2D eigenvalue weighted by molar-refractivity contribution is -0.310. The minimum absolute atomic E-state index is 0.0195. The zero-order chi connectivity index (χ0) is 24.4. The summed E-state index contributed by atoms with van der Waals surface area (Å²) in [6.45, 7) is 18.6. The average Bonchev–Trinajstić information content (AvgIpc) is 3.04. The first kappa shape index (κ1) is 24.6. The van der Waals surface area contributed by atoms with Gasteiger partial charge in [0.25, 0.3) is 0 Å². The summed E-state index contributed by atoms with van der Waals surface area (Å²) >= 11 is 0. The van der Waals surface area contributed by atoms with Gasteiger partial charge in [-0.05, 0) is 116 Å². The summed E-state index contributed by atoms with van der Waals surface area (Å²) in [5.74, 6) is 2.13. The fourth-order valence-electron chi connectivity index (χ4n) is 12.3. The van der Waals surface area contributed by atoms with Gasteiger partial charge >= 0.3 is 0 Å². The minimum Gasteiger partial charge on any atom is -0.390 e. The monoisotopic (exact) mass is 460 g/mol. The molecule has 0 bridgehead atoms. The third-order valence-electron chi connectivity index (χ3n) is 13.6. The van der Waals surface area contributed by atoms with E-state index in [0.29, 0.717) is 23.7 Å². The summed E-state index contributed by atoms with van der Waals surface area (Å²) in [7, 11) is 0. The van der Waals surface area contributed by atoms with Crippen molar-refractivity contribution in [1.29, 1.82) is 0 Å². The molecule has 0 aromatic rings. The van der Waals surface area contributed by atoms with Crippen LogP contribution in [0.3, 0.4) is 0 Å². The Morgan fingerprint density at radius 3 is 2.00 bits per heavy atom. The second kappa shape index (κ2) is 7.00. The molecule has 0 saturated heterocycles. The van der Waals surface area contributed by atoms with Crippen LogP contribution < -0.4 is 0 Å². The average molecular weight is 461 g/mol. The largest absolute Gasteiger partial charge is 0.390 e. The molecule has 190 valence electrons. The van der Waals surface area contributed by atoms with Crippen LogP contribution in [0.1, 0.15) is 113 Å². The lowest BCUT2D eigenvalue weighted by Gasteiger charge is -2.75. The van der Waals surface area contributed by atoms with Crippen LogP contribution in [0.4, 0.5) is 0 Å². The van der Waals surface area contributed by atoms with Crippen LogP contribution in [-0.2, 0) is 0 Å². The molecule has 0 aromatic heterocycles. The van der Waals surface area contributed by atoms with Crippen LogP contribution in [0.15, 0.2) is 0 Å². The van der Waals surface area contributed by atoms with Crippen LogP contribution in [0.5, 0.6) is 0 Å². The van der Waals surface area contributed by atoms with E-state index in [1.54, 1.807) is 0 Å². The van der Waals surface area contributed by atoms with E-state index >= 15 is 0 Å². The maximum atomic E-state index is 12.0. The molecule has 3 N–H and O–H groups in total. The van der Waals surface area contributed by atoms with Gasteiger partial charge in [-0.15, -0.1) is 0 Å². The van der Waals surface area contributed by atoms with Crippen LogP contribution in [0.2, 0.25) is 0 Å². The first-order valence-corrected chi connectivity index (χ1v) is 14.1. The third-order valence-corrected chi connectivity index (χ3v) is 13.6. The maximum absolute atomic E-state index is 12.0. The standard InChI is InChI=1S/C30H52O3/c1-25(2)14-9-15-28(6)21-11-10-20-27(5)16-12-18(26(3,4)33)19(27)13-17-29(20,7)30(21,8)24(32)22(31)23(25)28/h18-24,31-33H,9-17H2,1-8H3/t18-,19-,20+,21+,22+,23+,24-,27-,28+,29+,30-/m0/s1. The Hall–Kier alpha value is -0.120. The van der Waals surface area contributed by atoms with E-state index in [-0.39, 0.29) is 33.0 Å². The Morgan fingerprint density at radius 2 is 1.36 bits per heavy atom. The van der Waals surface area contributed by atoms with Crippen molar-refractivity contribution in [3.63, 3.8) is 0 Å². The number of aliphatic hydroxyl groups excluding tert-OH is 2. The maximum Gasteiger partial charge on any atom is 0.0863 e. The van der Waals surface area contributed by atoms with Crippen molar-refractivity contribution >= 4 is 0 Å². The van der Waals surface area contributed by atoms with Crippen LogP contribution in [0, 0.1) is 56.7 Å². The van der Waals surface area contributed by atoms with Gasteiger partial charge in [0.15, 0.2) is 0 Å². The van der Waals surface area contributed by atoms with Crippen molar-refractivity contribution in [1.82, 2.24) is 0 Å². The first-order valence-electron chi connectivity index (χ1n) is 14.1. The highest BCUT2D eigenvalue weighted by atomic mass is 16.3. The molecule has 0 heterocycles. The fourth-order valence-corrected chi connectivity index (χ4v) is 12.3. The van der Waals surface area contributed by atoms with E-state index in [4.69, 9.17) is 0 Å². The molecule has 0 spiro atoms. The van der Waals surface area contributed by atoms with Crippen molar-refractivity contribution < 1.29 is 15.3 Å². The van der Waals surface area contributed by atoms with E-state index < -0.39 is 17.8 Å². The molecule has 5 aliphatic carbocycles. The smallest absolute Gasteiger partial charge is 0.0863 e. The molecule has 5 aliphatic rings. The van der Waals surface area contributed by atoms with Gasteiger partial charge in [0.1, 0.15) is 0 Å². The number of fused-ring (bicyclic) bond motifs is 7. The lowest BCUT2D eigenvalue weighted by Crippen LogP contribution is -2.74. The molecule has 3 heteroatoms. The molecule has 0 aliphatic heterocycles. The van der Waals surface area contributed by atoms with Gasteiger partial charge in [0.05, 0.1) is 17.8 Å². The van der Waals surface area contributed by atoms with E-state index in [2.05, 4.69) is 41.5 Å². The summed E-state index contributed by atoms with van der Waals surface area (Å²) in [6, 6.07) is 0. The SMILES string of the molecule is CC(C)(O)[C@H]1CC[C@]2(C)[C@H]3CC[C@@H]4[C@@]5(C)CCCC(C)(C)[C@H]5[C@@H](O)[C@H](O)[C@@]4(C)[C@]3(C)CC[C@@H]12. The predicted molar refractivity (Wildman–Crippen MR) is 134 cm³/mol. The van der Waals surface area contributed by atoms with Gasteiger partial charge in [0, 0.05) is 5.41 Å². The van der Waals surface area contributed by atoms with E-state index in [1.165, 1.54) is 32.1 Å². The van der Waals surface area contributed by atoms with Crippen molar-refractivity contribution in [3.8, 4) is 0 Å². The molecule has 33 heavy (non-hydrogen) atoms. The van der Waals surface area contributed by atoms with Crippen molar-refractivity contribution in [2.75, 3.05) is 0 Å². The second-order valence-corrected chi connectivity index (χ2v) is 15.6. The molecule has 0 amide bonds. The summed E-state index contributed by atoms with van der Waals surface area (Å²) < 4.78 is 0. The third kappa shape index (κ3) is 2.85. The highest BCUT2D eigenvalue weighted by molar-refractivity contribution is 5.23. The summed E-state index contributed by atoms with van der Waals surface area (Å²) in [5, 5.41) is 34.8. The Morgan fingerprint density at radius 1 is 0.727 bits per heavy atom. The van der Waals surface area contributed by atoms with Crippen LogP contribution in [0.25, 0.3) is 0 Å². The number of hydrogen-bond donors (Lipinski definition) is 3. The Labute approximate surface area is 203 Å². The summed E-state index contributed by atoms with van der Waals surface area (Å²) in [4.78, 5) is 0. The van der Waals surface area contributed by atoms with Crippen molar-refractivity contribution in [2.45, 2.75) is 131 Å². The number of hydrogen-bond acceptors (Lipinski definition) is 3. The molecule has 3 nitrogen and oxygen atoms in total. The van der Waals surface area contributed by atoms with E-state index in [0.717, 1.165) is 25.7 Å². The first-order chi connectivity index (χ1) is 15.0. The zero-order valence-corrected chi connectivity index (χ0v) is 22.7. The highest BCUT2D eigenvalue weighted by Crippen LogP contribution is 2.78. The molecular weight excluding hydrogens is 408 g/mol. The molecule has 0 radical (unpaired) electrons. The van der Waals surface area contributed by atoms with Gasteiger partial charge in [-0.2, -0.15) is 0 Å². The fraction of sp³-hybridized carbons (Fsp3) is 1.00. The van der Waals surface area contributed by atoms with E-state index in [9.17, 15) is 15.3 Å². The van der Waals surface area contributed by atoms with Gasteiger partial charge in [0.2, 0.25) is 0 Å². The molecule has 5 saturated carbocycles. The zero-order valence-electron chi connectivity index (χ0n) is 22.7. The Balaban J connectivity index is 1.58. The van der Waals surface area contributed by atoms with Crippen LogP contribution in [-0.4, -0.2) is 33.1 Å². The quantitative estimate of drug-likeness (QED) is 0.437. The van der Waals surface area contributed by atoms with Gasteiger partial charge in [-0.1, -0.05) is 48.0 Å². The normalized spacial score (nSPS) is 58.1. The summed E-state index contributed by atoms with van der Waals surface area (Å²) in [5.41, 5.74) is -0.486. The van der Waals surface area contributed by atoms with Crippen LogP contribution >= 0.6 is 0 Å². The number of aliphatic hydroxyl groups is 3. The number of rotatable bonds is 1. The molecule has 5 fully saturated rings. The minimum atomic E-state index is -0.655. The second-order valence-electron chi connectivity index (χ2n) is 15.6. The van der Waals surface area contributed by atoms with Gasteiger partial charge in [-0.3, -0.25) is 0 Å². The highest BCUT2D eigenvalue weighted by Gasteiger charge is 2.74. The Bertz CT molecular complexity index is 799.